The van der Waals surface area contributed by atoms with Crippen LogP contribution in [0.25, 0.3) is 0 Å². The van der Waals surface area contributed by atoms with Crippen molar-refractivity contribution < 1.29 is 9.59 Å². The molecular formula is C17H25N3O2. The maximum Gasteiger partial charge on any atom is 0.223 e. The Morgan fingerprint density at radius 1 is 1.05 bits per heavy atom. The van der Waals surface area contributed by atoms with E-state index in [0.717, 1.165) is 44.2 Å². The summed E-state index contributed by atoms with van der Waals surface area (Å²) in [5, 5.41) is 5.93. The largest absolute Gasteiger partial charge is 0.356 e. The smallest absolute Gasteiger partial charge is 0.223 e. The summed E-state index contributed by atoms with van der Waals surface area (Å²) in [5.41, 5.74) is 1.05. The van der Waals surface area contributed by atoms with Gasteiger partial charge in [-0.15, -0.1) is 0 Å². The normalized spacial score (nSPS) is 21.1. The highest BCUT2D eigenvalue weighted by Crippen LogP contribution is 2.29. The predicted octanol–water partition coefficient (Wildman–Crippen LogP) is 2.03. The first kappa shape index (κ1) is 16.5. The molecule has 1 saturated carbocycles. The van der Waals surface area contributed by atoms with Crippen LogP contribution in [0.3, 0.4) is 0 Å². The average molecular weight is 303 g/mol. The molecule has 0 aliphatic heterocycles. The topological polar surface area (TPSA) is 71.1 Å². The van der Waals surface area contributed by atoms with Crippen molar-refractivity contribution in [2.45, 2.75) is 45.6 Å². The Morgan fingerprint density at radius 3 is 2.14 bits per heavy atom. The summed E-state index contributed by atoms with van der Waals surface area (Å²) < 4.78 is 0. The molecule has 1 fully saturated rings. The van der Waals surface area contributed by atoms with E-state index in [-0.39, 0.29) is 23.7 Å². The molecule has 2 rings (SSSR count). The zero-order valence-corrected chi connectivity index (χ0v) is 13.2. The molecule has 1 heterocycles. The van der Waals surface area contributed by atoms with Crippen LogP contribution in [0.15, 0.2) is 24.5 Å². The molecule has 0 radical (unpaired) electrons. The van der Waals surface area contributed by atoms with Gasteiger partial charge in [-0.3, -0.25) is 14.6 Å². The fraction of sp³-hybridized carbons (Fsp3) is 0.588. The van der Waals surface area contributed by atoms with E-state index < -0.39 is 0 Å². The van der Waals surface area contributed by atoms with E-state index in [4.69, 9.17) is 0 Å². The van der Waals surface area contributed by atoms with Gasteiger partial charge in [-0.25, -0.2) is 0 Å². The molecule has 0 aromatic carbocycles. The van der Waals surface area contributed by atoms with Crippen LogP contribution in [-0.2, 0) is 16.1 Å². The lowest BCUT2D eigenvalue weighted by Gasteiger charge is -2.27. The summed E-state index contributed by atoms with van der Waals surface area (Å²) in [5.74, 6) is 0.370. The second-order valence-corrected chi connectivity index (χ2v) is 5.91. The Labute approximate surface area is 131 Å². The minimum atomic E-state index is 0.0389. The summed E-state index contributed by atoms with van der Waals surface area (Å²) in [4.78, 5) is 28.1. The SMILES string of the molecule is CCCNC(=O)C1CCC(C(=O)NCc2ccncc2)CC1. The van der Waals surface area contributed by atoms with Crippen LogP contribution in [0.2, 0.25) is 0 Å². The maximum absolute atomic E-state index is 12.2. The molecule has 1 aliphatic rings. The molecule has 0 bridgehead atoms. The molecule has 2 amide bonds. The van der Waals surface area contributed by atoms with Gasteiger partial charge in [0.1, 0.15) is 0 Å². The van der Waals surface area contributed by atoms with E-state index in [1.807, 2.05) is 19.1 Å². The molecule has 1 aromatic rings. The van der Waals surface area contributed by atoms with E-state index in [2.05, 4.69) is 15.6 Å². The Hall–Kier alpha value is -1.91. The van der Waals surface area contributed by atoms with Crippen LogP contribution in [0.1, 0.15) is 44.6 Å². The van der Waals surface area contributed by atoms with Crippen molar-refractivity contribution in [1.82, 2.24) is 15.6 Å². The molecule has 0 atom stereocenters. The lowest BCUT2D eigenvalue weighted by molar-refractivity contribution is -0.130. The van der Waals surface area contributed by atoms with Gasteiger partial charge in [-0.1, -0.05) is 6.92 Å². The van der Waals surface area contributed by atoms with Crippen molar-refractivity contribution in [3.63, 3.8) is 0 Å². The Bertz CT molecular complexity index is 482. The molecule has 120 valence electrons. The van der Waals surface area contributed by atoms with Crippen molar-refractivity contribution in [3.8, 4) is 0 Å². The first-order valence-electron chi connectivity index (χ1n) is 8.15. The van der Waals surface area contributed by atoms with Gasteiger partial charge in [0, 0.05) is 37.3 Å². The third kappa shape index (κ3) is 4.83. The van der Waals surface area contributed by atoms with Crippen LogP contribution in [-0.4, -0.2) is 23.3 Å². The second-order valence-electron chi connectivity index (χ2n) is 5.91. The van der Waals surface area contributed by atoms with Gasteiger partial charge in [-0.2, -0.15) is 0 Å². The molecule has 1 aliphatic carbocycles. The van der Waals surface area contributed by atoms with Gasteiger partial charge in [0.2, 0.25) is 11.8 Å². The fourth-order valence-electron chi connectivity index (χ4n) is 2.84. The van der Waals surface area contributed by atoms with Gasteiger partial charge < -0.3 is 10.6 Å². The highest BCUT2D eigenvalue weighted by Gasteiger charge is 2.29. The number of nitrogens with one attached hydrogen (secondary N) is 2. The van der Waals surface area contributed by atoms with E-state index in [9.17, 15) is 9.59 Å². The van der Waals surface area contributed by atoms with Gasteiger partial charge in [0.25, 0.3) is 0 Å². The number of carbonyl (C=O) groups is 2. The Balaban J connectivity index is 1.72. The maximum atomic E-state index is 12.2. The van der Waals surface area contributed by atoms with Crippen molar-refractivity contribution in [3.05, 3.63) is 30.1 Å². The van der Waals surface area contributed by atoms with Gasteiger partial charge in [0.05, 0.1) is 0 Å². The molecule has 1 aromatic heterocycles. The van der Waals surface area contributed by atoms with Crippen LogP contribution in [0.4, 0.5) is 0 Å². The third-order valence-electron chi connectivity index (χ3n) is 4.23. The van der Waals surface area contributed by atoms with Crippen molar-refractivity contribution in [1.29, 1.82) is 0 Å². The van der Waals surface area contributed by atoms with Crippen LogP contribution in [0.5, 0.6) is 0 Å². The quantitative estimate of drug-likeness (QED) is 0.844. The minimum Gasteiger partial charge on any atom is -0.356 e. The van der Waals surface area contributed by atoms with Crippen molar-refractivity contribution in [2.24, 2.45) is 11.8 Å². The number of nitrogens with zero attached hydrogens (tertiary/aromatic N) is 1. The van der Waals surface area contributed by atoms with E-state index in [1.165, 1.54) is 0 Å². The minimum absolute atomic E-state index is 0.0389. The van der Waals surface area contributed by atoms with E-state index in [1.54, 1.807) is 12.4 Å². The number of aromatic nitrogens is 1. The van der Waals surface area contributed by atoms with Crippen LogP contribution in [0, 0.1) is 11.8 Å². The van der Waals surface area contributed by atoms with Crippen molar-refractivity contribution >= 4 is 11.8 Å². The third-order valence-corrected chi connectivity index (χ3v) is 4.23. The highest BCUT2D eigenvalue weighted by molar-refractivity contribution is 5.81. The molecule has 5 heteroatoms. The molecule has 2 N–H and O–H groups in total. The predicted molar refractivity (Wildman–Crippen MR) is 84.8 cm³/mol. The van der Waals surface area contributed by atoms with Crippen molar-refractivity contribution in [2.75, 3.05) is 6.54 Å². The monoisotopic (exact) mass is 303 g/mol. The Morgan fingerprint density at radius 2 is 1.59 bits per heavy atom. The summed E-state index contributed by atoms with van der Waals surface area (Å²) in [6, 6.07) is 3.80. The molecular weight excluding hydrogens is 278 g/mol. The van der Waals surface area contributed by atoms with Gasteiger partial charge in [-0.05, 0) is 49.8 Å². The van der Waals surface area contributed by atoms with Gasteiger partial charge in [0.15, 0.2) is 0 Å². The highest BCUT2D eigenvalue weighted by atomic mass is 16.2. The number of carbonyl (C=O) groups excluding carboxylic acids is 2. The summed E-state index contributed by atoms with van der Waals surface area (Å²) in [7, 11) is 0. The molecule has 0 spiro atoms. The van der Waals surface area contributed by atoms with E-state index >= 15 is 0 Å². The summed E-state index contributed by atoms with van der Waals surface area (Å²) in [6.07, 6.45) is 7.62. The number of hydrogen-bond donors (Lipinski definition) is 2. The number of pyridine rings is 1. The first-order chi connectivity index (χ1) is 10.7. The standard InChI is InChI=1S/C17H25N3O2/c1-2-9-19-16(21)14-3-5-15(6-4-14)17(22)20-12-13-7-10-18-11-8-13/h7-8,10-11,14-15H,2-6,9,12H2,1H3,(H,19,21)(H,20,22). The zero-order chi connectivity index (χ0) is 15.8. The fourth-order valence-corrected chi connectivity index (χ4v) is 2.84. The number of amides is 2. The molecule has 5 nitrogen and oxygen atoms in total. The number of hydrogen-bond acceptors (Lipinski definition) is 3. The van der Waals surface area contributed by atoms with Gasteiger partial charge >= 0.3 is 0 Å². The molecule has 0 unspecified atom stereocenters. The number of rotatable bonds is 6. The summed E-state index contributed by atoms with van der Waals surface area (Å²) >= 11 is 0. The Kier molecular flexibility index (Phi) is 6.37. The average Bonchev–Trinajstić information content (AvgIpc) is 2.58. The zero-order valence-electron chi connectivity index (χ0n) is 13.2. The van der Waals surface area contributed by atoms with Crippen LogP contribution >= 0.6 is 0 Å². The van der Waals surface area contributed by atoms with E-state index in [0.29, 0.717) is 6.54 Å². The van der Waals surface area contributed by atoms with Crippen LogP contribution < -0.4 is 10.6 Å². The lowest BCUT2D eigenvalue weighted by Crippen LogP contribution is -2.37. The molecule has 0 saturated heterocycles. The second kappa shape index (κ2) is 8.51. The first-order valence-corrected chi connectivity index (χ1v) is 8.15. The summed E-state index contributed by atoms with van der Waals surface area (Å²) in [6.45, 7) is 3.33. The lowest BCUT2D eigenvalue weighted by atomic mass is 9.81. The molecule has 22 heavy (non-hydrogen) atoms.